The number of carboxylic acids is 1. The molecular weight excluding hydrogens is 1000 g/mol. The van der Waals surface area contributed by atoms with E-state index < -0.39 is 178 Å². The van der Waals surface area contributed by atoms with E-state index in [0.717, 1.165) is 19.3 Å². The van der Waals surface area contributed by atoms with Crippen LogP contribution in [0.4, 0.5) is 4.79 Å². The average molecular weight is 1070 g/mol. The number of aromatic hydroxyl groups is 1. The Bertz CT molecular complexity index is 1960. The molecule has 0 saturated carbocycles. The molecule has 0 bridgehead atoms. The predicted octanol–water partition coefficient (Wildman–Crippen LogP) is -5.17. The molecule has 1 aromatic rings. The van der Waals surface area contributed by atoms with Crippen molar-refractivity contribution in [1.82, 2.24) is 10.6 Å². The highest BCUT2D eigenvalue weighted by Crippen LogP contribution is 2.39. The third kappa shape index (κ3) is 14.7. The van der Waals surface area contributed by atoms with Gasteiger partial charge in [0.2, 0.25) is 0 Å². The molecule has 0 spiro atoms. The molecule has 0 aliphatic carbocycles. The van der Waals surface area contributed by atoms with Crippen LogP contribution >= 0.6 is 0 Å². The number of rotatable bonds is 25. The molecule has 16 N–H and O–H groups in total. The maximum atomic E-state index is 14.0. The molecule has 0 aromatic heterocycles. The first-order valence-electron chi connectivity index (χ1n) is 24.0. The zero-order valence-electron chi connectivity index (χ0n) is 40.4. The Morgan fingerprint density at radius 3 is 1.97 bits per heavy atom. The van der Waals surface area contributed by atoms with Gasteiger partial charge in [-0.25, -0.2) is 9.59 Å². The summed E-state index contributed by atoms with van der Waals surface area (Å²) in [6.07, 6.45) is -34.2. The number of benzene rings is 1. The van der Waals surface area contributed by atoms with Gasteiger partial charge < -0.3 is 125 Å². The molecule has 21 atom stereocenters. The Balaban J connectivity index is 1.51. The van der Waals surface area contributed by atoms with Gasteiger partial charge in [-0.15, -0.1) is 0 Å². The molecule has 4 fully saturated rings. The van der Waals surface area contributed by atoms with Crippen LogP contribution in [0.5, 0.6) is 5.75 Å². The number of carbonyl (C=O) groups is 4. The van der Waals surface area contributed by atoms with Crippen LogP contribution in [0.2, 0.25) is 0 Å². The molecule has 422 valence electrons. The first-order chi connectivity index (χ1) is 35.1. The van der Waals surface area contributed by atoms with E-state index in [2.05, 4.69) is 10.1 Å². The minimum atomic E-state index is -3.25. The number of phenols is 1. The fourth-order valence-electron chi connectivity index (χ4n) is 9.06. The highest BCUT2D eigenvalue weighted by Gasteiger charge is 2.61. The molecule has 4 aliphatic heterocycles. The number of methoxy groups -OCH3 is 1. The van der Waals surface area contributed by atoms with Crippen LogP contribution in [0.15, 0.2) is 24.3 Å². The molecule has 74 heavy (non-hydrogen) atoms. The van der Waals surface area contributed by atoms with Crippen LogP contribution in [0.1, 0.15) is 68.6 Å². The van der Waals surface area contributed by atoms with Crippen molar-refractivity contribution in [2.45, 2.75) is 187 Å². The summed E-state index contributed by atoms with van der Waals surface area (Å²) in [6, 6.07) is 1.81. The molecule has 4 heterocycles. The van der Waals surface area contributed by atoms with Gasteiger partial charge in [-0.2, -0.15) is 0 Å². The number of ether oxygens (including phenoxy) is 9. The molecule has 4 aliphatic rings. The fourth-order valence-corrected chi connectivity index (χ4v) is 9.06. The van der Waals surface area contributed by atoms with E-state index in [0.29, 0.717) is 19.3 Å². The molecule has 29 nitrogen and oxygen atoms in total. The molecule has 14 unspecified atom stereocenters. The Kier molecular flexibility index (Phi) is 22.9. The maximum Gasteiger partial charge on any atom is 0.405 e. The van der Waals surface area contributed by atoms with Crippen LogP contribution in [0.3, 0.4) is 0 Å². The Hall–Kier alpha value is -4.06. The van der Waals surface area contributed by atoms with E-state index in [1.165, 1.54) is 38.3 Å². The summed E-state index contributed by atoms with van der Waals surface area (Å²) in [4.78, 5) is 50.3. The maximum absolute atomic E-state index is 14.0. The van der Waals surface area contributed by atoms with Crippen LogP contribution in [0.25, 0.3) is 0 Å². The SMILES string of the molecule is COC(=O)CCCCCCCCO[C@@H]1OC(CO)[C@H](OC2OC(CO)[C@@H](O)C(O[C@]3(C(=O)O)CC(O)[C@@H](NC(=O)O)C(C(O)C(O)CO)O3)C2O)C(O[C@@H]2OC(C)[C@H](O)C(O)C2O)C1NC(=O)c1ccccc1O. The number of aliphatic hydroxyl groups is 11. The van der Waals surface area contributed by atoms with Crippen LogP contribution in [-0.4, -0.2) is 257 Å². The minimum absolute atomic E-state index is 0.0533. The third-order valence-corrected chi connectivity index (χ3v) is 13.2. The van der Waals surface area contributed by atoms with Gasteiger partial charge in [0.25, 0.3) is 11.7 Å². The van der Waals surface area contributed by atoms with E-state index in [4.69, 9.17) is 37.9 Å². The van der Waals surface area contributed by atoms with E-state index in [9.17, 15) is 90.7 Å². The zero-order valence-corrected chi connectivity index (χ0v) is 40.4. The fraction of sp³-hybridized carbons (Fsp3) is 0.778. The number of esters is 1. The Labute approximate surface area is 423 Å². The summed E-state index contributed by atoms with van der Waals surface area (Å²) in [5.74, 6) is -7.13. The number of hydrogen-bond donors (Lipinski definition) is 16. The summed E-state index contributed by atoms with van der Waals surface area (Å²) in [5, 5.41) is 154. The van der Waals surface area contributed by atoms with Crippen molar-refractivity contribution >= 4 is 23.9 Å². The number of aliphatic carboxylic acids is 1. The number of amides is 2. The van der Waals surface area contributed by atoms with E-state index in [-0.39, 0.29) is 24.6 Å². The largest absolute Gasteiger partial charge is 0.507 e. The number of phenolic OH excluding ortho intramolecular Hbond substituents is 1. The summed E-state index contributed by atoms with van der Waals surface area (Å²) >= 11 is 0. The predicted molar refractivity (Wildman–Crippen MR) is 240 cm³/mol. The standard InChI is InChI=1S/C45H70N2O27/c1-19-29(55)32(58)33(59)41(68-19)72-37-28(46-39(61)20-11-8-9-12-21(20)51)40(67-14-10-6-4-3-5-7-13-26(54)66-2)70-25(18-50)35(37)71-42-34(60)38(31(57)24(17-49)69-42)74-45(43(62)63)15-22(52)27(47-44(64)65)36(73-45)30(56)23(53)16-48/h8-9,11-12,19,22-25,27-38,40-42,47-53,55-60H,3-7,10,13-18H2,1-2H3,(H,46,61)(H,62,63)(H,64,65)/t19?,22?,23?,24?,25?,27-,28?,29+,30?,31-,32?,33?,34?,35+,36?,37?,38?,40-,41+,42?,45+/m1/s1. The number of unbranched alkanes of at least 4 members (excludes halogenated alkanes) is 5. The van der Waals surface area contributed by atoms with Crippen molar-refractivity contribution in [1.29, 1.82) is 0 Å². The van der Waals surface area contributed by atoms with Gasteiger partial charge >= 0.3 is 18.0 Å². The lowest BCUT2D eigenvalue weighted by Gasteiger charge is -2.51. The lowest BCUT2D eigenvalue weighted by atomic mass is 9.88. The number of nitrogens with one attached hydrogen (secondary N) is 2. The molecule has 29 heteroatoms. The smallest absolute Gasteiger partial charge is 0.405 e. The first kappa shape index (κ1) is 60.8. The number of carboxylic acid groups (broad SMARTS) is 2. The van der Waals surface area contributed by atoms with Crippen LogP contribution < -0.4 is 10.6 Å². The van der Waals surface area contributed by atoms with Gasteiger partial charge in [0, 0.05) is 19.4 Å². The van der Waals surface area contributed by atoms with Gasteiger partial charge in [-0.05, 0) is 31.9 Å². The quantitative estimate of drug-likeness (QED) is 0.0322. The van der Waals surface area contributed by atoms with Crippen molar-refractivity contribution in [3.8, 4) is 5.75 Å². The van der Waals surface area contributed by atoms with Gasteiger partial charge in [0.1, 0.15) is 91.1 Å². The average Bonchev–Trinajstić information content (AvgIpc) is 3.37. The van der Waals surface area contributed by atoms with E-state index in [1.807, 2.05) is 5.32 Å². The summed E-state index contributed by atoms with van der Waals surface area (Å²) < 4.78 is 52.4. The Morgan fingerprint density at radius 2 is 1.35 bits per heavy atom. The van der Waals surface area contributed by atoms with Gasteiger partial charge in [0.15, 0.2) is 18.9 Å². The number of para-hydroxylation sites is 1. The number of aliphatic hydroxyl groups excluding tert-OH is 11. The molecule has 1 aromatic carbocycles. The van der Waals surface area contributed by atoms with E-state index in [1.54, 1.807) is 0 Å². The topological polar surface area (TPSA) is 459 Å². The van der Waals surface area contributed by atoms with Gasteiger partial charge in [-0.3, -0.25) is 9.59 Å². The van der Waals surface area contributed by atoms with Crippen molar-refractivity contribution in [2.24, 2.45) is 0 Å². The molecule has 2 amide bonds. The molecule has 4 saturated heterocycles. The van der Waals surface area contributed by atoms with Crippen LogP contribution in [0, 0.1) is 0 Å². The second kappa shape index (κ2) is 27.8. The first-order valence-corrected chi connectivity index (χ1v) is 24.0. The highest BCUT2D eigenvalue weighted by molar-refractivity contribution is 5.97. The summed E-state index contributed by atoms with van der Waals surface area (Å²) in [7, 11) is 1.30. The van der Waals surface area contributed by atoms with Crippen molar-refractivity contribution in [3.05, 3.63) is 29.8 Å². The van der Waals surface area contributed by atoms with Crippen LogP contribution in [-0.2, 0) is 52.2 Å². The third-order valence-electron chi connectivity index (χ3n) is 13.2. The molecule has 5 rings (SSSR count). The summed E-state index contributed by atoms with van der Waals surface area (Å²) in [5.41, 5.74) is -0.279. The zero-order chi connectivity index (χ0) is 54.6. The lowest BCUT2D eigenvalue weighted by molar-refractivity contribution is -0.391. The molecule has 0 radical (unpaired) electrons. The monoisotopic (exact) mass is 1070 g/mol. The number of carbonyl (C=O) groups excluding carboxylic acids is 2. The lowest BCUT2D eigenvalue weighted by Crippen LogP contribution is -2.71. The van der Waals surface area contributed by atoms with Crippen molar-refractivity contribution in [2.75, 3.05) is 33.5 Å². The van der Waals surface area contributed by atoms with E-state index >= 15 is 0 Å². The van der Waals surface area contributed by atoms with Crippen molar-refractivity contribution in [3.63, 3.8) is 0 Å². The summed E-state index contributed by atoms with van der Waals surface area (Å²) in [6.45, 7) is -1.99. The van der Waals surface area contributed by atoms with Gasteiger partial charge in [0.05, 0.1) is 50.7 Å². The van der Waals surface area contributed by atoms with Gasteiger partial charge in [-0.1, -0.05) is 37.8 Å². The Morgan fingerprint density at radius 1 is 0.730 bits per heavy atom. The second-order valence-corrected chi connectivity index (χ2v) is 18.4. The number of hydrogen-bond acceptors (Lipinski definition) is 25. The second-order valence-electron chi connectivity index (χ2n) is 18.4. The highest BCUT2D eigenvalue weighted by atomic mass is 16.8. The molecular formula is C45H70N2O27. The normalized spacial score (nSPS) is 37.3. The minimum Gasteiger partial charge on any atom is -0.507 e. The van der Waals surface area contributed by atoms with Crippen molar-refractivity contribution < 1.29 is 133 Å².